The van der Waals surface area contributed by atoms with Gasteiger partial charge in [-0.25, -0.2) is 17.6 Å². The normalized spacial score (nSPS) is 12.6. The fourth-order valence-electron chi connectivity index (χ4n) is 2.94. The molecule has 3 aromatic rings. The number of halogens is 4. The van der Waals surface area contributed by atoms with Crippen LogP contribution in [0.5, 0.6) is 11.5 Å². The van der Waals surface area contributed by atoms with Gasteiger partial charge in [-0.1, -0.05) is 0 Å². The molecule has 0 atom stereocenters. The van der Waals surface area contributed by atoms with Crippen LogP contribution < -0.4 is 4.74 Å². The Kier molecular flexibility index (Phi) is 2.73. The molecule has 0 spiro atoms. The van der Waals surface area contributed by atoms with E-state index in [1.807, 2.05) is 0 Å². The van der Waals surface area contributed by atoms with Gasteiger partial charge in [-0.15, -0.1) is 0 Å². The van der Waals surface area contributed by atoms with Crippen molar-refractivity contribution in [2.24, 2.45) is 0 Å². The maximum absolute atomic E-state index is 14.3. The predicted molar refractivity (Wildman–Crippen MR) is 73.1 cm³/mol. The lowest BCUT2D eigenvalue weighted by atomic mass is 9.84. The molecule has 1 heterocycles. The number of benzene rings is 2. The van der Waals surface area contributed by atoms with Crippen molar-refractivity contribution in [3.63, 3.8) is 0 Å². The minimum absolute atomic E-state index is 0.0323. The Hall–Kier alpha value is -3.03. The first-order valence-corrected chi connectivity index (χ1v) is 6.60. The Morgan fingerprint density at radius 3 is 2.25 bits per heavy atom. The number of rotatable bonds is 1. The minimum atomic E-state index is -2.08. The highest BCUT2D eigenvalue weighted by atomic mass is 19.2. The molecular formula is C16H6F4O4. The second kappa shape index (κ2) is 4.50. The molecule has 8 heteroatoms. The summed E-state index contributed by atoms with van der Waals surface area (Å²) in [4.78, 5) is 12.4. The van der Waals surface area contributed by atoms with Crippen molar-refractivity contribution in [1.29, 1.82) is 0 Å². The van der Waals surface area contributed by atoms with E-state index in [1.165, 1.54) is 7.11 Å². The van der Waals surface area contributed by atoms with E-state index in [9.17, 15) is 27.5 Å². The lowest BCUT2D eigenvalue weighted by molar-refractivity contribution is 0.103. The van der Waals surface area contributed by atoms with Gasteiger partial charge < -0.3 is 14.3 Å². The smallest absolute Gasteiger partial charge is 0.202 e. The lowest BCUT2D eigenvalue weighted by Gasteiger charge is -2.19. The molecule has 1 aliphatic rings. The van der Waals surface area contributed by atoms with Crippen molar-refractivity contribution < 1.29 is 36.6 Å². The lowest BCUT2D eigenvalue weighted by Crippen LogP contribution is -2.16. The Balaban J connectivity index is 2.28. The van der Waals surface area contributed by atoms with Crippen molar-refractivity contribution >= 4 is 16.8 Å². The highest BCUT2D eigenvalue weighted by Gasteiger charge is 2.38. The van der Waals surface area contributed by atoms with Gasteiger partial charge in [-0.2, -0.15) is 0 Å². The van der Waals surface area contributed by atoms with E-state index in [2.05, 4.69) is 0 Å². The summed E-state index contributed by atoms with van der Waals surface area (Å²) in [6.07, 6.45) is 0.928. The molecule has 2 aromatic carbocycles. The van der Waals surface area contributed by atoms with Crippen LogP contribution in [0.2, 0.25) is 0 Å². The summed E-state index contributed by atoms with van der Waals surface area (Å²) in [5, 5.41) is 10.00. The summed E-state index contributed by atoms with van der Waals surface area (Å²) in [5.74, 6) is -9.31. The van der Waals surface area contributed by atoms with Crippen LogP contribution in [0.4, 0.5) is 17.6 Å². The molecule has 0 amide bonds. The predicted octanol–water partition coefficient (Wildman–Crippen LogP) is 3.91. The number of ketones is 1. The zero-order valence-electron chi connectivity index (χ0n) is 11.8. The summed E-state index contributed by atoms with van der Waals surface area (Å²) in [6, 6.07) is 1.10. The van der Waals surface area contributed by atoms with Gasteiger partial charge in [0.25, 0.3) is 0 Å². The molecule has 4 rings (SSSR count). The number of fused-ring (bicyclic) bond motifs is 2. The number of carbonyl (C=O) groups excluding carboxylic acids is 1. The average Bonchev–Trinajstić information content (AvgIpc) is 3.02. The van der Waals surface area contributed by atoms with Crippen molar-refractivity contribution in [1.82, 2.24) is 0 Å². The number of phenolic OH excluding ortho intramolecular Hbond substituents is 1. The third-order valence-electron chi connectivity index (χ3n) is 4.01. The van der Waals surface area contributed by atoms with Gasteiger partial charge in [0.05, 0.1) is 18.2 Å². The zero-order chi connectivity index (χ0) is 17.3. The van der Waals surface area contributed by atoms with Crippen LogP contribution in [-0.2, 0) is 0 Å². The average molecular weight is 338 g/mol. The number of carbonyl (C=O) groups is 1. The third kappa shape index (κ3) is 1.50. The van der Waals surface area contributed by atoms with Gasteiger partial charge >= 0.3 is 0 Å². The van der Waals surface area contributed by atoms with E-state index in [1.54, 1.807) is 0 Å². The maximum Gasteiger partial charge on any atom is 0.202 e. The molecule has 1 aliphatic carbocycles. The van der Waals surface area contributed by atoms with Gasteiger partial charge in [0.2, 0.25) is 11.5 Å². The van der Waals surface area contributed by atoms with Crippen molar-refractivity contribution in [2.45, 2.75) is 0 Å². The highest BCUT2D eigenvalue weighted by molar-refractivity contribution is 6.26. The first-order valence-electron chi connectivity index (χ1n) is 6.60. The first-order chi connectivity index (χ1) is 11.4. The molecule has 0 fully saturated rings. The molecule has 122 valence electrons. The molecule has 0 aliphatic heterocycles. The Morgan fingerprint density at radius 2 is 1.62 bits per heavy atom. The largest absolute Gasteiger partial charge is 0.502 e. The molecule has 0 unspecified atom stereocenters. The van der Waals surface area contributed by atoms with Crippen molar-refractivity contribution in [2.75, 3.05) is 7.11 Å². The molecule has 1 N–H and O–H groups in total. The van der Waals surface area contributed by atoms with E-state index >= 15 is 0 Å². The van der Waals surface area contributed by atoms with E-state index < -0.39 is 45.9 Å². The van der Waals surface area contributed by atoms with Gasteiger partial charge in [-0.3, -0.25) is 4.79 Å². The summed E-state index contributed by atoms with van der Waals surface area (Å²) >= 11 is 0. The summed E-state index contributed by atoms with van der Waals surface area (Å²) < 4.78 is 65.6. The second-order valence-corrected chi connectivity index (χ2v) is 5.16. The quantitative estimate of drug-likeness (QED) is 0.325. The van der Waals surface area contributed by atoms with Crippen LogP contribution >= 0.6 is 0 Å². The van der Waals surface area contributed by atoms with Crippen LogP contribution in [0.15, 0.2) is 16.7 Å². The van der Waals surface area contributed by atoms with E-state index in [4.69, 9.17) is 9.15 Å². The number of ether oxygens (including phenoxy) is 1. The van der Waals surface area contributed by atoms with Gasteiger partial charge in [0.1, 0.15) is 6.26 Å². The number of hydrogen-bond donors (Lipinski definition) is 1. The number of phenols is 1. The summed E-state index contributed by atoms with van der Waals surface area (Å²) in [7, 11) is 1.20. The second-order valence-electron chi connectivity index (χ2n) is 5.16. The molecule has 0 saturated carbocycles. The van der Waals surface area contributed by atoms with Crippen LogP contribution in [0.1, 0.15) is 15.9 Å². The van der Waals surface area contributed by atoms with Crippen LogP contribution in [0, 0.1) is 23.3 Å². The molecule has 0 bridgehead atoms. The Labute approximate surface area is 130 Å². The highest BCUT2D eigenvalue weighted by Crippen LogP contribution is 2.49. The number of hydrogen-bond acceptors (Lipinski definition) is 4. The van der Waals surface area contributed by atoms with Crippen LogP contribution in [0.25, 0.3) is 22.1 Å². The molecule has 0 radical (unpaired) electrons. The standard InChI is InChI=1S/C16H6F4O4/c1-23-6-2-4-7-5(3-24-16(7)15(6)22)14(21)9-8(4)10(17)12(19)13(20)11(9)18/h2-3,22H,1H3. The van der Waals surface area contributed by atoms with Crippen molar-refractivity contribution in [3.8, 4) is 22.6 Å². The minimum Gasteiger partial charge on any atom is -0.502 e. The molecule has 24 heavy (non-hydrogen) atoms. The van der Waals surface area contributed by atoms with Crippen LogP contribution in [-0.4, -0.2) is 18.0 Å². The number of aromatic hydroxyl groups is 1. The van der Waals surface area contributed by atoms with Gasteiger partial charge in [0.15, 0.2) is 34.6 Å². The zero-order valence-corrected chi connectivity index (χ0v) is 11.8. The molecular weight excluding hydrogens is 332 g/mol. The Bertz CT molecular complexity index is 1070. The maximum atomic E-state index is 14.3. The first kappa shape index (κ1) is 14.6. The number of furan rings is 1. The van der Waals surface area contributed by atoms with E-state index in [-0.39, 0.29) is 27.8 Å². The fraction of sp³-hybridized carbons (Fsp3) is 0.0625. The third-order valence-corrected chi connectivity index (χ3v) is 4.01. The topological polar surface area (TPSA) is 59.7 Å². The SMILES string of the molecule is COc1cc2c3c(coc3c1O)C(=O)c1c(F)c(F)c(F)c(F)c1-2. The van der Waals surface area contributed by atoms with E-state index in [0.29, 0.717) is 0 Å². The monoisotopic (exact) mass is 338 g/mol. The van der Waals surface area contributed by atoms with Crippen LogP contribution in [0.3, 0.4) is 0 Å². The molecule has 0 saturated heterocycles. The summed E-state index contributed by atoms with van der Waals surface area (Å²) in [5.41, 5.74) is -2.23. The van der Waals surface area contributed by atoms with E-state index in [0.717, 1.165) is 12.3 Å². The van der Waals surface area contributed by atoms with Crippen molar-refractivity contribution in [3.05, 3.63) is 46.7 Å². The Morgan fingerprint density at radius 1 is 1.00 bits per heavy atom. The number of methoxy groups -OCH3 is 1. The molecule has 4 nitrogen and oxygen atoms in total. The molecule has 1 aromatic heterocycles. The van der Waals surface area contributed by atoms with Gasteiger partial charge in [-0.05, 0) is 6.07 Å². The summed E-state index contributed by atoms with van der Waals surface area (Å²) in [6.45, 7) is 0. The fourth-order valence-corrected chi connectivity index (χ4v) is 2.94. The van der Waals surface area contributed by atoms with Gasteiger partial charge in [0, 0.05) is 16.5 Å².